The fourth-order valence-corrected chi connectivity index (χ4v) is 4.64. The van der Waals surface area contributed by atoms with Crippen LogP contribution in [0.15, 0.2) is 24.3 Å². The maximum atomic E-state index is 12.1. The highest BCUT2D eigenvalue weighted by Gasteiger charge is 2.38. The monoisotopic (exact) mass is 248 g/mol. The predicted octanol–water partition coefficient (Wildman–Crippen LogP) is 3.06. The van der Waals surface area contributed by atoms with E-state index >= 15 is 0 Å². The molecule has 0 saturated carbocycles. The van der Waals surface area contributed by atoms with E-state index in [9.17, 15) is 4.79 Å². The molecule has 1 atom stereocenters. The lowest BCUT2D eigenvalue weighted by atomic mass is 10.1. The van der Waals surface area contributed by atoms with Gasteiger partial charge >= 0.3 is 0 Å². The number of benzene rings is 1. The Morgan fingerprint density at radius 1 is 1.29 bits per heavy atom. The maximum Gasteiger partial charge on any atom is 0.246 e. The largest absolute Gasteiger partial charge is 0.386 e. The van der Waals surface area contributed by atoms with Gasteiger partial charge in [0.15, 0.2) is 0 Å². The van der Waals surface area contributed by atoms with Crippen LogP contribution in [0.1, 0.15) is 13.3 Å². The molecule has 1 aliphatic rings. The van der Waals surface area contributed by atoms with Crippen LogP contribution < -0.4 is 9.88 Å². The SMILES string of the molecule is CCC1C(=O)Nc2ccccc2N1[Si](C)(C)C. The number of para-hydroxylation sites is 2. The first-order valence-corrected chi connectivity index (χ1v) is 9.59. The molecule has 2 rings (SSSR count). The van der Waals surface area contributed by atoms with Crippen molar-refractivity contribution in [1.29, 1.82) is 0 Å². The lowest BCUT2D eigenvalue weighted by molar-refractivity contribution is -0.117. The van der Waals surface area contributed by atoms with Crippen molar-refractivity contribution in [2.24, 2.45) is 0 Å². The zero-order chi connectivity index (χ0) is 12.6. The molecular formula is C13H20N2OSi. The van der Waals surface area contributed by atoms with Gasteiger partial charge in [0.05, 0.1) is 11.4 Å². The standard InChI is InChI=1S/C13H20N2OSi/c1-5-11-13(16)14-10-8-6-7-9-12(10)15(11)17(2,3)4/h6-9,11H,5H2,1-4H3,(H,14,16). The second kappa shape index (κ2) is 4.18. The van der Waals surface area contributed by atoms with Crippen molar-refractivity contribution in [3.8, 4) is 0 Å². The van der Waals surface area contributed by atoms with E-state index in [1.54, 1.807) is 0 Å². The topological polar surface area (TPSA) is 32.3 Å². The minimum Gasteiger partial charge on any atom is -0.386 e. The molecule has 0 spiro atoms. The molecule has 0 aromatic heterocycles. The highest BCUT2D eigenvalue weighted by atomic mass is 28.3. The molecule has 1 heterocycles. The lowest BCUT2D eigenvalue weighted by Crippen LogP contribution is -2.58. The molecule has 0 saturated heterocycles. The molecule has 1 amide bonds. The van der Waals surface area contributed by atoms with Gasteiger partial charge in [0.1, 0.15) is 14.3 Å². The van der Waals surface area contributed by atoms with Crippen molar-refractivity contribution in [2.75, 3.05) is 9.88 Å². The van der Waals surface area contributed by atoms with Gasteiger partial charge in [0, 0.05) is 0 Å². The van der Waals surface area contributed by atoms with Crippen LogP contribution in [0, 0.1) is 0 Å². The first-order chi connectivity index (χ1) is 7.95. The van der Waals surface area contributed by atoms with Crippen LogP contribution in [0.3, 0.4) is 0 Å². The van der Waals surface area contributed by atoms with Crippen LogP contribution in [0.5, 0.6) is 0 Å². The average molecular weight is 248 g/mol. The van der Waals surface area contributed by atoms with Crippen LogP contribution in [0.4, 0.5) is 11.4 Å². The van der Waals surface area contributed by atoms with Crippen LogP contribution >= 0.6 is 0 Å². The van der Waals surface area contributed by atoms with E-state index in [0.717, 1.165) is 12.1 Å². The second-order valence-electron chi connectivity index (χ2n) is 5.47. The number of rotatable bonds is 2. The van der Waals surface area contributed by atoms with Crippen molar-refractivity contribution in [3.05, 3.63) is 24.3 Å². The summed E-state index contributed by atoms with van der Waals surface area (Å²) in [5.74, 6) is 0.133. The summed E-state index contributed by atoms with van der Waals surface area (Å²) in [7, 11) is -1.56. The lowest BCUT2D eigenvalue weighted by Gasteiger charge is -2.45. The Hall–Kier alpha value is -1.29. The van der Waals surface area contributed by atoms with Crippen LogP contribution in [-0.4, -0.2) is 20.2 Å². The summed E-state index contributed by atoms with van der Waals surface area (Å²) >= 11 is 0. The Labute approximate surface area is 104 Å². The molecule has 3 nitrogen and oxygen atoms in total. The van der Waals surface area contributed by atoms with Crippen LogP contribution in [0.25, 0.3) is 0 Å². The van der Waals surface area contributed by atoms with Gasteiger partial charge in [0.25, 0.3) is 0 Å². The third-order valence-corrected chi connectivity index (χ3v) is 5.14. The summed E-state index contributed by atoms with van der Waals surface area (Å²) in [6.07, 6.45) is 0.852. The number of hydrogen-bond donors (Lipinski definition) is 1. The zero-order valence-electron chi connectivity index (χ0n) is 10.9. The molecule has 92 valence electrons. The Bertz CT molecular complexity index is 439. The highest BCUT2D eigenvalue weighted by molar-refractivity contribution is 6.80. The third-order valence-electron chi connectivity index (χ3n) is 3.15. The molecule has 0 aliphatic carbocycles. The number of hydrogen-bond acceptors (Lipinski definition) is 2. The number of anilines is 2. The summed E-state index contributed by atoms with van der Waals surface area (Å²) in [5.41, 5.74) is 2.13. The summed E-state index contributed by atoms with van der Waals surface area (Å²) in [6.45, 7) is 8.92. The quantitative estimate of drug-likeness (QED) is 0.816. The van der Waals surface area contributed by atoms with Crippen molar-refractivity contribution >= 4 is 25.5 Å². The van der Waals surface area contributed by atoms with Gasteiger partial charge < -0.3 is 9.88 Å². The first kappa shape index (κ1) is 12.2. The number of fused-ring (bicyclic) bond motifs is 1. The molecule has 1 N–H and O–H groups in total. The van der Waals surface area contributed by atoms with Gasteiger partial charge in [-0.3, -0.25) is 4.79 Å². The minimum absolute atomic E-state index is 0.0171. The summed E-state index contributed by atoms with van der Waals surface area (Å²) in [6, 6.07) is 8.07. The molecule has 0 fully saturated rings. The fourth-order valence-electron chi connectivity index (χ4n) is 2.49. The summed E-state index contributed by atoms with van der Waals surface area (Å²) < 4.78 is 2.36. The Morgan fingerprint density at radius 3 is 2.53 bits per heavy atom. The Morgan fingerprint density at radius 2 is 1.94 bits per heavy atom. The van der Waals surface area contributed by atoms with Crippen molar-refractivity contribution in [2.45, 2.75) is 39.0 Å². The summed E-state index contributed by atoms with van der Waals surface area (Å²) in [5, 5.41) is 3.00. The number of nitrogens with one attached hydrogen (secondary N) is 1. The van der Waals surface area contributed by atoms with Crippen molar-refractivity contribution in [3.63, 3.8) is 0 Å². The molecule has 1 aliphatic heterocycles. The Balaban J connectivity index is 2.54. The van der Waals surface area contributed by atoms with E-state index in [-0.39, 0.29) is 11.9 Å². The highest BCUT2D eigenvalue weighted by Crippen LogP contribution is 2.36. The third kappa shape index (κ3) is 2.09. The second-order valence-corrected chi connectivity index (χ2v) is 10.3. The van der Waals surface area contributed by atoms with Gasteiger partial charge in [0.2, 0.25) is 5.91 Å². The average Bonchev–Trinajstić information content (AvgIpc) is 2.25. The smallest absolute Gasteiger partial charge is 0.246 e. The van der Waals surface area contributed by atoms with E-state index in [1.165, 1.54) is 5.69 Å². The number of carbonyl (C=O) groups is 1. The first-order valence-electron chi connectivity index (χ1n) is 6.14. The van der Waals surface area contributed by atoms with Crippen LogP contribution in [-0.2, 0) is 4.79 Å². The molecule has 1 aromatic carbocycles. The number of nitrogens with zero attached hydrogens (tertiary/aromatic N) is 1. The normalized spacial score (nSPS) is 19.9. The molecule has 4 heteroatoms. The van der Waals surface area contributed by atoms with Crippen LogP contribution in [0.2, 0.25) is 19.6 Å². The van der Waals surface area contributed by atoms with Crippen molar-refractivity contribution < 1.29 is 4.79 Å². The van der Waals surface area contributed by atoms with E-state index in [2.05, 4.69) is 42.5 Å². The van der Waals surface area contributed by atoms with E-state index < -0.39 is 8.24 Å². The molecule has 1 unspecified atom stereocenters. The van der Waals surface area contributed by atoms with E-state index in [4.69, 9.17) is 0 Å². The molecule has 1 aromatic rings. The van der Waals surface area contributed by atoms with Crippen molar-refractivity contribution in [1.82, 2.24) is 0 Å². The van der Waals surface area contributed by atoms with Gasteiger partial charge in [-0.05, 0) is 18.6 Å². The zero-order valence-corrected chi connectivity index (χ0v) is 11.9. The molecule has 0 radical (unpaired) electrons. The Kier molecular flexibility index (Phi) is 2.99. The summed E-state index contributed by atoms with van der Waals surface area (Å²) in [4.78, 5) is 12.1. The van der Waals surface area contributed by atoms with Gasteiger partial charge in [-0.15, -0.1) is 0 Å². The molecule has 17 heavy (non-hydrogen) atoms. The number of amides is 1. The molecule has 0 bridgehead atoms. The fraction of sp³-hybridized carbons (Fsp3) is 0.462. The van der Waals surface area contributed by atoms with E-state index in [1.807, 2.05) is 18.2 Å². The van der Waals surface area contributed by atoms with E-state index in [0.29, 0.717) is 0 Å². The predicted molar refractivity (Wildman–Crippen MR) is 75.0 cm³/mol. The van der Waals surface area contributed by atoms with Gasteiger partial charge in [-0.25, -0.2) is 0 Å². The van der Waals surface area contributed by atoms with Gasteiger partial charge in [-0.2, -0.15) is 0 Å². The maximum absolute atomic E-state index is 12.1. The number of carbonyl (C=O) groups excluding carboxylic acids is 1. The minimum atomic E-state index is -1.56. The molecular weight excluding hydrogens is 228 g/mol. The van der Waals surface area contributed by atoms with Gasteiger partial charge in [-0.1, -0.05) is 38.7 Å².